The summed E-state index contributed by atoms with van der Waals surface area (Å²) < 4.78 is 0. The monoisotopic (exact) mass is 376 g/mol. The normalized spacial score (nSPS) is 18.3. The molecule has 0 fully saturated rings. The SMILES string of the molecule is CCc1cc2c(cc1C(C)=N/N=C/c1ccccc1O)C(C)(C)CCC2(C)C. The van der Waals surface area contributed by atoms with Crippen LogP contribution in [0.4, 0.5) is 0 Å². The third-order valence-electron chi connectivity index (χ3n) is 6.19. The Morgan fingerprint density at radius 1 is 1.04 bits per heavy atom. The van der Waals surface area contributed by atoms with Crippen LogP contribution in [-0.4, -0.2) is 17.0 Å². The Balaban J connectivity index is 2.03. The number of hydrogen-bond acceptors (Lipinski definition) is 3. The Morgan fingerprint density at radius 2 is 1.64 bits per heavy atom. The molecule has 0 heterocycles. The Kier molecular flexibility index (Phi) is 5.47. The third-order valence-corrected chi connectivity index (χ3v) is 6.19. The molecule has 3 nitrogen and oxygen atoms in total. The highest BCUT2D eigenvalue weighted by atomic mass is 16.3. The molecule has 28 heavy (non-hydrogen) atoms. The molecule has 3 rings (SSSR count). The molecule has 148 valence electrons. The van der Waals surface area contributed by atoms with Gasteiger partial charge in [-0.1, -0.05) is 52.8 Å². The van der Waals surface area contributed by atoms with Crippen molar-refractivity contribution in [2.45, 2.75) is 71.6 Å². The first-order valence-electron chi connectivity index (χ1n) is 10.2. The maximum Gasteiger partial charge on any atom is 0.124 e. The minimum Gasteiger partial charge on any atom is -0.507 e. The molecule has 1 aliphatic carbocycles. The van der Waals surface area contributed by atoms with E-state index in [9.17, 15) is 5.11 Å². The van der Waals surface area contributed by atoms with Crippen LogP contribution in [0, 0.1) is 0 Å². The lowest BCUT2D eigenvalue weighted by molar-refractivity contribution is 0.331. The lowest BCUT2D eigenvalue weighted by Gasteiger charge is -2.42. The summed E-state index contributed by atoms with van der Waals surface area (Å²) in [5, 5.41) is 18.6. The van der Waals surface area contributed by atoms with Gasteiger partial charge in [0.25, 0.3) is 0 Å². The molecule has 0 unspecified atom stereocenters. The summed E-state index contributed by atoms with van der Waals surface area (Å²) in [4.78, 5) is 0. The minimum atomic E-state index is 0.172. The van der Waals surface area contributed by atoms with Gasteiger partial charge in [-0.25, -0.2) is 0 Å². The number of para-hydroxylation sites is 1. The zero-order valence-electron chi connectivity index (χ0n) is 18.0. The van der Waals surface area contributed by atoms with E-state index in [4.69, 9.17) is 0 Å². The van der Waals surface area contributed by atoms with Gasteiger partial charge in [0.1, 0.15) is 5.75 Å². The van der Waals surface area contributed by atoms with Gasteiger partial charge in [0.05, 0.1) is 11.9 Å². The van der Waals surface area contributed by atoms with Crippen molar-refractivity contribution in [3.63, 3.8) is 0 Å². The fourth-order valence-corrected chi connectivity index (χ4v) is 4.12. The van der Waals surface area contributed by atoms with E-state index in [1.54, 1.807) is 18.3 Å². The minimum absolute atomic E-state index is 0.172. The fourth-order valence-electron chi connectivity index (χ4n) is 4.12. The number of rotatable bonds is 4. The number of fused-ring (bicyclic) bond motifs is 1. The number of benzene rings is 2. The van der Waals surface area contributed by atoms with Crippen LogP contribution in [0.15, 0.2) is 46.6 Å². The number of aryl methyl sites for hydroxylation is 1. The Labute approximate surface area is 169 Å². The lowest BCUT2D eigenvalue weighted by Crippen LogP contribution is -2.34. The van der Waals surface area contributed by atoms with Gasteiger partial charge >= 0.3 is 0 Å². The first kappa shape index (κ1) is 20.3. The van der Waals surface area contributed by atoms with Crippen LogP contribution in [-0.2, 0) is 17.3 Å². The summed E-state index contributed by atoms with van der Waals surface area (Å²) in [7, 11) is 0. The van der Waals surface area contributed by atoms with Crippen LogP contribution >= 0.6 is 0 Å². The van der Waals surface area contributed by atoms with Crippen LogP contribution in [0.1, 0.15) is 82.2 Å². The highest BCUT2D eigenvalue weighted by molar-refractivity contribution is 6.00. The van der Waals surface area contributed by atoms with Crippen LogP contribution in [0.25, 0.3) is 0 Å². The summed E-state index contributed by atoms with van der Waals surface area (Å²) in [5.41, 5.74) is 7.38. The molecule has 0 spiro atoms. The van der Waals surface area contributed by atoms with Gasteiger partial charge in [-0.05, 0) is 71.9 Å². The summed E-state index contributed by atoms with van der Waals surface area (Å²) in [6.45, 7) is 13.6. The van der Waals surface area contributed by atoms with Gasteiger partial charge in [-0.2, -0.15) is 10.2 Å². The molecule has 0 aromatic heterocycles. The number of hydrogen-bond donors (Lipinski definition) is 1. The standard InChI is InChI=1S/C25H32N2O/c1-7-18-14-21-22(25(5,6)13-12-24(21,3)4)15-20(18)17(2)27-26-16-19-10-8-9-11-23(19)28/h8-11,14-16,28H,7,12-13H2,1-6H3/b26-16+,27-17?. The highest BCUT2D eigenvalue weighted by Crippen LogP contribution is 2.46. The third kappa shape index (κ3) is 3.89. The quantitative estimate of drug-likeness (QED) is 0.505. The van der Waals surface area contributed by atoms with Gasteiger partial charge in [0.15, 0.2) is 0 Å². The van der Waals surface area contributed by atoms with E-state index in [0.717, 1.165) is 12.1 Å². The molecule has 0 saturated carbocycles. The smallest absolute Gasteiger partial charge is 0.124 e. The molecule has 0 atom stereocenters. The Hall–Kier alpha value is -2.42. The predicted octanol–water partition coefficient (Wildman–Crippen LogP) is 6.15. The van der Waals surface area contributed by atoms with E-state index in [-0.39, 0.29) is 16.6 Å². The van der Waals surface area contributed by atoms with Crippen molar-refractivity contribution in [2.24, 2.45) is 10.2 Å². The topological polar surface area (TPSA) is 45.0 Å². The number of phenolic OH excluding ortho intramolecular Hbond substituents is 1. The van der Waals surface area contributed by atoms with Crippen molar-refractivity contribution in [3.8, 4) is 5.75 Å². The van der Waals surface area contributed by atoms with E-state index in [2.05, 4.69) is 57.0 Å². The van der Waals surface area contributed by atoms with Gasteiger partial charge < -0.3 is 5.11 Å². The average Bonchev–Trinajstić information content (AvgIpc) is 2.66. The summed E-state index contributed by atoms with van der Waals surface area (Å²) in [6, 6.07) is 11.9. The van der Waals surface area contributed by atoms with Gasteiger partial charge in [-0.15, -0.1) is 0 Å². The van der Waals surface area contributed by atoms with Crippen LogP contribution < -0.4 is 0 Å². The Morgan fingerprint density at radius 3 is 2.25 bits per heavy atom. The van der Waals surface area contributed by atoms with E-state index in [0.29, 0.717) is 5.56 Å². The molecule has 1 N–H and O–H groups in total. The highest BCUT2D eigenvalue weighted by Gasteiger charge is 2.37. The predicted molar refractivity (Wildman–Crippen MR) is 119 cm³/mol. The van der Waals surface area contributed by atoms with Crippen molar-refractivity contribution in [1.82, 2.24) is 0 Å². The van der Waals surface area contributed by atoms with Crippen molar-refractivity contribution < 1.29 is 5.11 Å². The lowest BCUT2D eigenvalue weighted by atomic mass is 9.62. The van der Waals surface area contributed by atoms with E-state index < -0.39 is 0 Å². The molecule has 2 aromatic carbocycles. The molecule has 3 heteroatoms. The fraction of sp³-hybridized carbons (Fsp3) is 0.440. The molecule has 0 amide bonds. The zero-order chi connectivity index (χ0) is 20.5. The zero-order valence-corrected chi connectivity index (χ0v) is 18.0. The van der Waals surface area contributed by atoms with Crippen LogP contribution in [0.3, 0.4) is 0 Å². The van der Waals surface area contributed by atoms with Gasteiger partial charge in [0.2, 0.25) is 0 Å². The molecule has 0 saturated heterocycles. The molecule has 0 radical (unpaired) electrons. The summed E-state index contributed by atoms with van der Waals surface area (Å²) in [6.07, 6.45) is 4.98. The van der Waals surface area contributed by atoms with Crippen molar-refractivity contribution >= 4 is 11.9 Å². The van der Waals surface area contributed by atoms with Gasteiger partial charge in [0, 0.05) is 11.1 Å². The molecule has 2 aromatic rings. The first-order chi connectivity index (χ1) is 13.2. The summed E-state index contributed by atoms with van der Waals surface area (Å²) in [5.74, 6) is 0.214. The molecular weight excluding hydrogens is 344 g/mol. The van der Waals surface area contributed by atoms with Crippen LogP contribution in [0.2, 0.25) is 0 Å². The number of nitrogens with zero attached hydrogens (tertiary/aromatic N) is 2. The van der Waals surface area contributed by atoms with E-state index in [1.165, 1.54) is 35.1 Å². The average molecular weight is 377 g/mol. The summed E-state index contributed by atoms with van der Waals surface area (Å²) >= 11 is 0. The first-order valence-corrected chi connectivity index (χ1v) is 10.2. The van der Waals surface area contributed by atoms with Gasteiger partial charge in [-0.3, -0.25) is 0 Å². The molecule has 0 aliphatic heterocycles. The molecule has 1 aliphatic rings. The van der Waals surface area contributed by atoms with E-state index >= 15 is 0 Å². The maximum atomic E-state index is 9.87. The molecule has 0 bridgehead atoms. The Bertz CT molecular complexity index is 936. The second-order valence-corrected chi connectivity index (χ2v) is 9.17. The second kappa shape index (κ2) is 7.54. The largest absolute Gasteiger partial charge is 0.507 e. The molecular formula is C25H32N2O. The van der Waals surface area contributed by atoms with Crippen molar-refractivity contribution in [2.75, 3.05) is 0 Å². The van der Waals surface area contributed by atoms with Crippen molar-refractivity contribution in [1.29, 1.82) is 0 Å². The maximum absolute atomic E-state index is 9.87. The van der Waals surface area contributed by atoms with Crippen LogP contribution in [0.5, 0.6) is 5.75 Å². The van der Waals surface area contributed by atoms with E-state index in [1.807, 2.05) is 19.1 Å². The van der Waals surface area contributed by atoms with Crippen molar-refractivity contribution in [3.05, 3.63) is 64.2 Å². The number of phenols is 1. The second-order valence-electron chi connectivity index (χ2n) is 9.17. The number of aromatic hydroxyl groups is 1.